The zero-order valence-corrected chi connectivity index (χ0v) is 21.1. The Balaban J connectivity index is 1.55. The van der Waals surface area contributed by atoms with Gasteiger partial charge < -0.3 is 9.80 Å². The van der Waals surface area contributed by atoms with E-state index in [1.807, 2.05) is 101 Å². The summed E-state index contributed by atoms with van der Waals surface area (Å²) in [6, 6.07) is 23.2. The third-order valence-electron chi connectivity index (χ3n) is 6.90. The minimum absolute atomic E-state index is 0.0617. The van der Waals surface area contributed by atoms with Crippen LogP contribution in [0.2, 0.25) is 0 Å². The quantitative estimate of drug-likeness (QED) is 0.354. The van der Waals surface area contributed by atoms with E-state index in [0.717, 1.165) is 22.5 Å². The van der Waals surface area contributed by atoms with Crippen LogP contribution in [-0.2, 0) is 4.79 Å². The molecule has 0 radical (unpaired) electrons. The molecule has 5 rings (SSSR count). The van der Waals surface area contributed by atoms with Crippen molar-refractivity contribution in [3.63, 3.8) is 0 Å². The predicted molar refractivity (Wildman–Crippen MR) is 142 cm³/mol. The summed E-state index contributed by atoms with van der Waals surface area (Å²) in [5.41, 5.74) is 4.86. The van der Waals surface area contributed by atoms with Crippen molar-refractivity contribution in [3.05, 3.63) is 83.9 Å². The number of aromatic nitrogens is 3. The number of anilines is 2. The Morgan fingerprint density at radius 3 is 2.47 bits per heavy atom. The van der Waals surface area contributed by atoms with Gasteiger partial charge in [-0.05, 0) is 69.2 Å². The molecule has 184 valence electrons. The molecule has 0 saturated heterocycles. The fourth-order valence-electron chi connectivity index (χ4n) is 5.19. The van der Waals surface area contributed by atoms with Gasteiger partial charge in [0.05, 0.1) is 11.6 Å². The van der Waals surface area contributed by atoms with Gasteiger partial charge in [-0.25, -0.2) is 4.68 Å². The van der Waals surface area contributed by atoms with Gasteiger partial charge in [-0.2, -0.15) is 0 Å². The summed E-state index contributed by atoms with van der Waals surface area (Å²) in [5.74, 6) is -0.0193. The molecule has 4 aromatic rings. The van der Waals surface area contributed by atoms with E-state index in [1.54, 1.807) is 0 Å². The summed E-state index contributed by atoms with van der Waals surface area (Å²) in [4.78, 5) is 30.8. The van der Waals surface area contributed by atoms with Crippen molar-refractivity contribution >= 4 is 34.2 Å². The van der Waals surface area contributed by atoms with Crippen molar-refractivity contribution in [1.29, 1.82) is 0 Å². The van der Waals surface area contributed by atoms with Gasteiger partial charge in [-0.3, -0.25) is 9.59 Å². The lowest BCUT2D eigenvalue weighted by Gasteiger charge is -2.43. The Bertz CT molecular complexity index is 1410. The van der Waals surface area contributed by atoms with Gasteiger partial charge in [0.2, 0.25) is 5.91 Å². The Morgan fingerprint density at radius 1 is 1.03 bits per heavy atom. The van der Waals surface area contributed by atoms with Gasteiger partial charge in [0, 0.05) is 35.4 Å². The molecule has 7 nitrogen and oxygen atoms in total. The number of hydrogen-bond donors (Lipinski definition) is 0. The fourth-order valence-corrected chi connectivity index (χ4v) is 5.19. The van der Waals surface area contributed by atoms with Crippen molar-refractivity contribution in [2.45, 2.75) is 58.7 Å². The summed E-state index contributed by atoms with van der Waals surface area (Å²) in [6.07, 6.45) is 1.04. The molecule has 1 aliphatic heterocycles. The molecule has 2 atom stereocenters. The van der Waals surface area contributed by atoms with Crippen molar-refractivity contribution in [3.8, 4) is 0 Å². The first-order chi connectivity index (χ1) is 17.4. The molecule has 2 amide bonds. The van der Waals surface area contributed by atoms with Crippen LogP contribution < -0.4 is 9.80 Å². The molecular formula is C29H31N5O2. The van der Waals surface area contributed by atoms with Gasteiger partial charge in [0.1, 0.15) is 5.52 Å². The minimum atomic E-state index is -0.163. The van der Waals surface area contributed by atoms with Crippen LogP contribution in [0.4, 0.5) is 11.4 Å². The molecule has 2 heterocycles. The summed E-state index contributed by atoms with van der Waals surface area (Å²) in [5, 5.41) is 8.53. The first-order valence-corrected chi connectivity index (χ1v) is 12.5. The maximum atomic E-state index is 13.9. The lowest BCUT2D eigenvalue weighted by Crippen LogP contribution is -2.47. The summed E-state index contributed by atoms with van der Waals surface area (Å²) < 4.78 is 1.86. The third-order valence-corrected chi connectivity index (χ3v) is 6.90. The molecule has 0 fully saturated rings. The van der Waals surface area contributed by atoms with Gasteiger partial charge >= 0.3 is 0 Å². The lowest BCUT2D eigenvalue weighted by molar-refractivity contribution is -0.118. The van der Waals surface area contributed by atoms with E-state index in [4.69, 9.17) is 0 Å². The van der Waals surface area contributed by atoms with Crippen molar-refractivity contribution in [1.82, 2.24) is 15.0 Å². The van der Waals surface area contributed by atoms with Gasteiger partial charge in [-0.1, -0.05) is 48.5 Å². The Labute approximate surface area is 211 Å². The molecule has 0 saturated carbocycles. The molecule has 1 aromatic heterocycles. The molecule has 0 aliphatic carbocycles. The molecule has 2 unspecified atom stereocenters. The second-order valence-corrected chi connectivity index (χ2v) is 9.62. The normalized spacial score (nSPS) is 17.3. The SMILES string of the molecule is CCC(=O)N(c1ccccc1)C1CC(C)N(C(=O)c2ccc3c(c2)nnn3C(C)C)c2ccccc21. The number of carbonyl (C=O) groups excluding carboxylic acids is 2. The number of carbonyl (C=O) groups is 2. The van der Waals surface area contributed by atoms with Crippen LogP contribution in [0, 0.1) is 0 Å². The molecule has 36 heavy (non-hydrogen) atoms. The number of fused-ring (bicyclic) bond motifs is 2. The Morgan fingerprint density at radius 2 is 1.75 bits per heavy atom. The number of para-hydroxylation sites is 2. The second-order valence-electron chi connectivity index (χ2n) is 9.62. The van der Waals surface area contributed by atoms with E-state index in [1.165, 1.54) is 0 Å². The molecular weight excluding hydrogens is 450 g/mol. The summed E-state index contributed by atoms with van der Waals surface area (Å²) >= 11 is 0. The summed E-state index contributed by atoms with van der Waals surface area (Å²) in [6.45, 7) is 8.04. The summed E-state index contributed by atoms with van der Waals surface area (Å²) in [7, 11) is 0. The van der Waals surface area contributed by atoms with E-state index in [9.17, 15) is 9.59 Å². The monoisotopic (exact) mass is 481 g/mol. The number of hydrogen-bond acceptors (Lipinski definition) is 4. The zero-order valence-electron chi connectivity index (χ0n) is 21.1. The number of benzene rings is 3. The highest BCUT2D eigenvalue weighted by molar-refractivity contribution is 6.09. The van der Waals surface area contributed by atoms with E-state index in [0.29, 0.717) is 23.9 Å². The Kier molecular flexibility index (Phi) is 6.31. The molecule has 1 aliphatic rings. The van der Waals surface area contributed by atoms with Gasteiger partial charge in [-0.15, -0.1) is 5.10 Å². The van der Waals surface area contributed by atoms with Crippen molar-refractivity contribution < 1.29 is 9.59 Å². The first kappa shape index (κ1) is 23.7. The fraction of sp³-hybridized carbons (Fsp3) is 0.310. The standard InChI is InChI=1S/C29H31N5O2/c1-5-28(35)33(22-11-7-6-8-12-22)27-17-20(4)32(25-14-10-9-13-23(25)27)29(36)21-15-16-26-24(18-21)30-31-34(26)19(2)3/h6-16,18-20,27H,5,17H2,1-4H3. The van der Waals surface area contributed by atoms with Crippen LogP contribution in [0.25, 0.3) is 11.0 Å². The van der Waals surface area contributed by atoms with Crippen LogP contribution in [0.1, 0.15) is 68.5 Å². The smallest absolute Gasteiger partial charge is 0.258 e. The maximum Gasteiger partial charge on any atom is 0.258 e. The average Bonchev–Trinajstić information content (AvgIpc) is 3.33. The van der Waals surface area contributed by atoms with Gasteiger partial charge in [0.15, 0.2) is 0 Å². The van der Waals surface area contributed by atoms with Crippen LogP contribution in [0.15, 0.2) is 72.8 Å². The highest BCUT2D eigenvalue weighted by Gasteiger charge is 2.38. The van der Waals surface area contributed by atoms with E-state index in [2.05, 4.69) is 24.2 Å². The van der Waals surface area contributed by atoms with Crippen LogP contribution >= 0.6 is 0 Å². The van der Waals surface area contributed by atoms with Crippen LogP contribution in [0.3, 0.4) is 0 Å². The minimum Gasteiger partial charge on any atom is -0.305 e. The van der Waals surface area contributed by atoms with Crippen LogP contribution in [-0.4, -0.2) is 32.9 Å². The zero-order chi connectivity index (χ0) is 25.4. The molecule has 0 spiro atoms. The maximum absolute atomic E-state index is 13.9. The first-order valence-electron chi connectivity index (χ1n) is 12.5. The molecule has 7 heteroatoms. The lowest BCUT2D eigenvalue weighted by atomic mass is 9.89. The molecule has 0 N–H and O–H groups in total. The Hall–Kier alpha value is -4.00. The molecule has 3 aromatic carbocycles. The van der Waals surface area contributed by atoms with E-state index >= 15 is 0 Å². The number of amides is 2. The predicted octanol–water partition coefficient (Wildman–Crippen LogP) is 5.94. The van der Waals surface area contributed by atoms with Gasteiger partial charge in [0.25, 0.3) is 5.91 Å². The second kappa shape index (κ2) is 9.57. The topological polar surface area (TPSA) is 71.3 Å². The van der Waals surface area contributed by atoms with Crippen molar-refractivity contribution in [2.75, 3.05) is 9.80 Å². The van der Waals surface area contributed by atoms with E-state index in [-0.39, 0.29) is 29.9 Å². The highest BCUT2D eigenvalue weighted by atomic mass is 16.2. The van der Waals surface area contributed by atoms with Crippen LogP contribution in [0.5, 0.6) is 0 Å². The van der Waals surface area contributed by atoms with Crippen molar-refractivity contribution in [2.24, 2.45) is 0 Å². The third kappa shape index (κ3) is 4.04. The largest absolute Gasteiger partial charge is 0.305 e. The number of rotatable bonds is 5. The van der Waals surface area contributed by atoms with E-state index < -0.39 is 0 Å². The number of nitrogens with zero attached hydrogens (tertiary/aromatic N) is 5. The average molecular weight is 482 g/mol. The highest BCUT2D eigenvalue weighted by Crippen LogP contribution is 2.43. The molecule has 0 bridgehead atoms.